The predicted octanol–water partition coefficient (Wildman–Crippen LogP) is 1.30. The SMILES string of the molecule is CC(=O)OC(C)C1C(=O)N2C(C(=O)OCC(Cl)(Cl)Cl)=C(C)C(=[N+]=[N-])[S+]([O-])[C@@H]12. The highest BCUT2D eigenvalue weighted by Gasteiger charge is 2.66. The van der Waals surface area contributed by atoms with Gasteiger partial charge in [0.15, 0.2) is 0 Å². The van der Waals surface area contributed by atoms with Crippen LogP contribution in [0.15, 0.2) is 11.3 Å². The zero-order valence-corrected chi connectivity index (χ0v) is 17.4. The Morgan fingerprint density at radius 3 is 2.52 bits per heavy atom. The molecule has 0 saturated carbocycles. The summed E-state index contributed by atoms with van der Waals surface area (Å²) in [6.45, 7) is 3.37. The number of carbonyl (C=O) groups excluding carboxylic acids is 3. The van der Waals surface area contributed by atoms with Gasteiger partial charge in [0, 0.05) is 6.92 Å². The molecule has 3 unspecified atom stereocenters. The molecule has 2 aliphatic heterocycles. The summed E-state index contributed by atoms with van der Waals surface area (Å²) in [6, 6.07) is 0. The lowest BCUT2D eigenvalue weighted by Gasteiger charge is -2.48. The summed E-state index contributed by atoms with van der Waals surface area (Å²) in [5, 5.41) is -1.37. The van der Waals surface area contributed by atoms with Crippen LogP contribution in [-0.4, -0.2) is 59.0 Å². The fraction of sp³-hybridized carbons (Fsp3) is 0.571. The van der Waals surface area contributed by atoms with Crippen LogP contribution in [0.4, 0.5) is 0 Å². The molecule has 0 aromatic carbocycles. The number of fused-ring (bicyclic) bond motifs is 1. The molecule has 0 aromatic rings. The number of alkyl halides is 3. The van der Waals surface area contributed by atoms with Crippen LogP contribution in [-0.2, 0) is 35.0 Å². The third kappa shape index (κ3) is 4.26. The Labute approximate surface area is 172 Å². The van der Waals surface area contributed by atoms with Gasteiger partial charge in [-0.05, 0) is 13.8 Å². The second kappa shape index (κ2) is 7.98. The maximum atomic E-state index is 12.7. The molecule has 1 saturated heterocycles. The van der Waals surface area contributed by atoms with E-state index in [2.05, 4.69) is 4.79 Å². The molecule has 148 valence electrons. The number of carbonyl (C=O) groups is 3. The van der Waals surface area contributed by atoms with Gasteiger partial charge in [-0.15, -0.1) is 4.79 Å². The predicted molar refractivity (Wildman–Crippen MR) is 96.1 cm³/mol. The van der Waals surface area contributed by atoms with Crippen LogP contribution in [0.3, 0.4) is 0 Å². The minimum Gasteiger partial charge on any atom is -0.604 e. The Morgan fingerprint density at radius 1 is 1.44 bits per heavy atom. The smallest absolute Gasteiger partial charge is 0.490 e. The number of hydrogen-bond acceptors (Lipinski definition) is 6. The molecule has 1 fully saturated rings. The molecule has 1 amide bonds. The van der Waals surface area contributed by atoms with Crippen molar-refractivity contribution in [1.82, 2.24) is 4.90 Å². The summed E-state index contributed by atoms with van der Waals surface area (Å²) in [7, 11) is 0. The number of amides is 1. The molecule has 0 aromatic heterocycles. The van der Waals surface area contributed by atoms with Crippen LogP contribution in [0.1, 0.15) is 20.8 Å². The van der Waals surface area contributed by atoms with E-state index in [1.807, 2.05) is 0 Å². The average molecular weight is 459 g/mol. The molecule has 27 heavy (non-hydrogen) atoms. The van der Waals surface area contributed by atoms with E-state index in [1.165, 1.54) is 20.8 Å². The zero-order chi connectivity index (χ0) is 20.7. The van der Waals surface area contributed by atoms with Crippen molar-refractivity contribution in [2.24, 2.45) is 5.92 Å². The maximum absolute atomic E-state index is 12.7. The summed E-state index contributed by atoms with van der Waals surface area (Å²) in [4.78, 5) is 40.1. The van der Waals surface area contributed by atoms with Crippen LogP contribution in [0.2, 0.25) is 0 Å². The van der Waals surface area contributed by atoms with E-state index in [4.69, 9.17) is 44.3 Å². The molecule has 2 heterocycles. The number of halogens is 3. The second-order valence-corrected chi connectivity index (χ2v) is 9.79. The van der Waals surface area contributed by atoms with Crippen molar-refractivity contribution in [3.8, 4) is 0 Å². The highest BCUT2D eigenvalue weighted by Crippen LogP contribution is 2.43. The van der Waals surface area contributed by atoms with E-state index in [-0.39, 0.29) is 16.3 Å². The summed E-state index contributed by atoms with van der Waals surface area (Å²) in [6.07, 6.45) is -0.906. The largest absolute Gasteiger partial charge is 0.604 e. The Hall–Kier alpha value is -1.29. The van der Waals surface area contributed by atoms with Crippen LogP contribution >= 0.6 is 34.8 Å². The standard InChI is InChI=1S/C14H14Cl3N3O6S/c1-5-9(13(23)25-4-14(15,16)17)20-11(22)8(6(2)26-7(3)21)12(20)27(24)10(5)19-18/h6,8,12H,4H2,1-3H3/t6?,8?,12-,27?/m0/s1. The van der Waals surface area contributed by atoms with Gasteiger partial charge in [-0.25, -0.2) is 4.79 Å². The first kappa shape index (κ1) is 22.0. The van der Waals surface area contributed by atoms with Gasteiger partial charge in [0.2, 0.25) is 15.1 Å². The van der Waals surface area contributed by atoms with E-state index in [0.717, 1.165) is 4.90 Å². The Bertz CT molecular complexity index is 777. The molecule has 13 heteroatoms. The molecular formula is C14H14Cl3N3O6S. The van der Waals surface area contributed by atoms with Crippen molar-refractivity contribution < 1.29 is 33.2 Å². The quantitative estimate of drug-likeness (QED) is 0.156. The Balaban J connectivity index is 2.39. The molecule has 0 radical (unpaired) electrons. The second-order valence-electron chi connectivity index (χ2n) is 5.81. The van der Waals surface area contributed by atoms with Gasteiger partial charge < -0.3 is 19.6 Å². The molecule has 4 atom stereocenters. The van der Waals surface area contributed by atoms with Gasteiger partial charge in [-0.1, -0.05) is 34.8 Å². The summed E-state index contributed by atoms with van der Waals surface area (Å²) in [5.41, 5.74) is 8.91. The molecule has 0 spiro atoms. The number of rotatable bonds is 4. The fourth-order valence-electron chi connectivity index (χ4n) is 2.85. The van der Waals surface area contributed by atoms with E-state index in [0.29, 0.717) is 0 Å². The molecule has 2 aliphatic rings. The number of β-lactam (4-membered cyclic amide) rings is 1. The molecule has 9 nitrogen and oxygen atoms in total. The molecule has 0 aliphatic carbocycles. The number of nitrogens with zero attached hydrogens (tertiary/aromatic N) is 3. The summed E-state index contributed by atoms with van der Waals surface area (Å²) in [5.74, 6) is -3.23. The van der Waals surface area contributed by atoms with E-state index in [1.54, 1.807) is 0 Å². The van der Waals surface area contributed by atoms with Crippen LogP contribution < -0.4 is 0 Å². The van der Waals surface area contributed by atoms with E-state index in [9.17, 15) is 24.5 Å². The molecular weight excluding hydrogens is 445 g/mol. The molecule has 0 N–H and O–H groups in total. The van der Waals surface area contributed by atoms with Crippen molar-refractivity contribution in [1.29, 1.82) is 0 Å². The third-order valence-corrected chi connectivity index (χ3v) is 5.96. The van der Waals surface area contributed by atoms with Crippen LogP contribution in [0.5, 0.6) is 0 Å². The van der Waals surface area contributed by atoms with Gasteiger partial charge in [-0.2, -0.15) is 0 Å². The van der Waals surface area contributed by atoms with Crippen molar-refractivity contribution in [3.63, 3.8) is 0 Å². The normalized spacial score (nSPS) is 26.0. The molecule has 2 rings (SSSR count). The lowest BCUT2D eigenvalue weighted by atomic mass is 9.90. The fourth-order valence-corrected chi connectivity index (χ4v) is 4.73. The monoisotopic (exact) mass is 457 g/mol. The minimum atomic E-state index is -1.97. The lowest BCUT2D eigenvalue weighted by molar-refractivity contribution is -0.167. The summed E-state index contributed by atoms with van der Waals surface area (Å²) < 4.78 is 20.7. The van der Waals surface area contributed by atoms with E-state index < -0.39 is 56.8 Å². The lowest BCUT2D eigenvalue weighted by Crippen LogP contribution is -2.70. The number of esters is 2. The van der Waals surface area contributed by atoms with Gasteiger partial charge >= 0.3 is 17.0 Å². The van der Waals surface area contributed by atoms with E-state index >= 15 is 0 Å². The first-order valence-electron chi connectivity index (χ1n) is 7.48. The molecule has 0 bridgehead atoms. The first-order chi connectivity index (χ1) is 12.4. The topological polar surface area (TPSA) is 132 Å². The van der Waals surface area contributed by atoms with Gasteiger partial charge in [0.1, 0.15) is 29.9 Å². The highest BCUT2D eigenvalue weighted by atomic mass is 35.6. The zero-order valence-electron chi connectivity index (χ0n) is 14.3. The van der Waals surface area contributed by atoms with Crippen molar-refractivity contribution in [2.45, 2.75) is 36.0 Å². The minimum absolute atomic E-state index is 0.0201. The summed E-state index contributed by atoms with van der Waals surface area (Å²) >= 11 is 14.7. The van der Waals surface area contributed by atoms with Gasteiger partial charge in [-0.3, -0.25) is 14.5 Å². The van der Waals surface area contributed by atoms with Crippen LogP contribution in [0.25, 0.3) is 5.53 Å². The number of ether oxygens (including phenoxy) is 2. The Kier molecular flexibility index (Phi) is 6.51. The van der Waals surface area contributed by atoms with Crippen molar-refractivity contribution in [2.75, 3.05) is 6.61 Å². The van der Waals surface area contributed by atoms with Crippen molar-refractivity contribution >= 4 is 68.9 Å². The number of hydrogen-bond donors (Lipinski definition) is 0. The van der Waals surface area contributed by atoms with Gasteiger partial charge in [0.25, 0.3) is 0 Å². The Morgan fingerprint density at radius 2 is 2.04 bits per heavy atom. The maximum Gasteiger partial charge on any atom is 0.490 e. The van der Waals surface area contributed by atoms with Gasteiger partial charge in [0.05, 0.1) is 11.2 Å². The average Bonchev–Trinajstić information content (AvgIpc) is 2.52. The third-order valence-electron chi connectivity index (χ3n) is 3.92. The first-order valence-corrected chi connectivity index (χ1v) is 9.83. The van der Waals surface area contributed by atoms with Crippen molar-refractivity contribution in [3.05, 3.63) is 16.8 Å². The van der Waals surface area contributed by atoms with Crippen LogP contribution in [0, 0.1) is 5.92 Å². The highest BCUT2D eigenvalue weighted by molar-refractivity contribution is 8.07.